The Balaban J connectivity index is 2.01. The number of carbonyl (C=O) groups is 1. The van der Waals surface area contributed by atoms with Crippen molar-refractivity contribution in [1.82, 2.24) is 9.62 Å². The molecular weight excluding hydrogens is 508 g/mol. The normalized spacial score (nSPS) is 16.5. The predicted molar refractivity (Wildman–Crippen MR) is 145 cm³/mol. The van der Waals surface area contributed by atoms with Crippen molar-refractivity contribution in [3.05, 3.63) is 54.1 Å². The molecule has 10 heteroatoms. The maximum atomic E-state index is 14.1. The van der Waals surface area contributed by atoms with Crippen molar-refractivity contribution in [2.75, 3.05) is 7.11 Å². The van der Waals surface area contributed by atoms with Gasteiger partial charge < -0.3 is 24.6 Å². The molecule has 3 rings (SSSR count). The molecule has 0 aliphatic heterocycles. The lowest BCUT2D eigenvalue weighted by Gasteiger charge is -2.34. The van der Waals surface area contributed by atoms with Crippen molar-refractivity contribution < 1.29 is 32.5 Å². The molecule has 2 N–H and O–H groups in total. The van der Waals surface area contributed by atoms with Gasteiger partial charge in [-0.2, -0.15) is 4.31 Å². The van der Waals surface area contributed by atoms with E-state index in [1.807, 2.05) is 6.07 Å². The van der Waals surface area contributed by atoms with E-state index in [0.717, 1.165) is 36.4 Å². The van der Waals surface area contributed by atoms with Gasteiger partial charge in [0.2, 0.25) is 10.0 Å². The molecule has 38 heavy (non-hydrogen) atoms. The number of hydrogen-bond donors (Lipinski definition) is 2. The number of rotatable bonds is 10. The lowest BCUT2D eigenvalue weighted by atomic mass is 9.98. The van der Waals surface area contributed by atoms with Gasteiger partial charge in [-0.25, -0.2) is 13.2 Å². The Hall–Kier alpha value is -2.82. The van der Waals surface area contributed by atoms with E-state index >= 15 is 0 Å². The minimum absolute atomic E-state index is 0.0185. The fourth-order valence-corrected chi connectivity index (χ4v) is 5.98. The smallest absolute Gasteiger partial charge is 0.409 e. The van der Waals surface area contributed by atoms with Crippen LogP contribution < -0.4 is 14.8 Å². The van der Waals surface area contributed by atoms with Crippen LogP contribution in [0.5, 0.6) is 11.5 Å². The first kappa shape index (κ1) is 29.7. The van der Waals surface area contributed by atoms with Crippen LogP contribution in [-0.4, -0.2) is 55.0 Å². The van der Waals surface area contributed by atoms with Crippen molar-refractivity contribution >= 4 is 16.1 Å². The number of aliphatic hydroxyl groups excluding tert-OH is 1. The first-order chi connectivity index (χ1) is 17.9. The second kappa shape index (κ2) is 12.8. The van der Waals surface area contributed by atoms with E-state index in [1.165, 1.54) is 26.2 Å². The van der Waals surface area contributed by atoms with Crippen LogP contribution in [0.2, 0.25) is 0 Å². The van der Waals surface area contributed by atoms with Crippen LogP contribution in [0.25, 0.3) is 0 Å². The fraction of sp³-hybridized carbons (Fsp3) is 0.536. The van der Waals surface area contributed by atoms with Gasteiger partial charge in [0, 0.05) is 12.6 Å². The van der Waals surface area contributed by atoms with Gasteiger partial charge >= 0.3 is 6.09 Å². The number of methoxy groups -OCH3 is 1. The quantitative estimate of drug-likeness (QED) is 0.409. The molecule has 1 fully saturated rings. The van der Waals surface area contributed by atoms with E-state index in [1.54, 1.807) is 51.1 Å². The highest BCUT2D eigenvalue weighted by atomic mass is 32.2. The number of nitrogens with zero attached hydrogens (tertiary/aromatic N) is 1. The zero-order valence-electron chi connectivity index (χ0n) is 22.8. The monoisotopic (exact) mass is 548 g/mol. The Bertz CT molecular complexity index is 1160. The number of carbonyl (C=O) groups excluding carboxylic acids is 1. The van der Waals surface area contributed by atoms with Crippen LogP contribution >= 0.6 is 0 Å². The van der Waals surface area contributed by atoms with Crippen molar-refractivity contribution in [1.29, 1.82) is 0 Å². The summed E-state index contributed by atoms with van der Waals surface area (Å²) in [6.07, 6.45) is 1.64. The second-order valence-corrected chi connectivity index (χ2v) is 12.4. The van der Waals surface area contributed by atoms with Gasteiger partial charge in [0.25, 0.3) is 0 Å². The van der Waals surface area contributed by atoms with Crippen LogP contribution in [0.1, 0.15) is 65.4 Å². The maximum absolute atomic E-state index is 14.1. The summed E-state index contributed by atoms with van der Waals surface area (Å²) in [4.78, 5) is 12.6. The number of sulfonamides is 1. The van der Waals surface area contributed by atoms with Crippen molar-refractivity contribution in [2.45, 2.75) is 95.2 Å². The van der Waals surface area contributed by atoms with E-state index in [0.29, 0.717) is 17.1 Å². The summed E-state index contributed by atoms with van der Waals surface area (Å²) in [7, 11) is -2.75. The highest BCUT2D eigenvalue weighted by Crippen LogP contribution is 2.35. The number of benzene rings is 2. The molecule has 0 bridgehead atoms. The third kappa shape index (κ3) is 8.09. The summed E-state index contributed by atoms with van der Waals surface area (Å²) in [6, 6.07) is 13.4. The Morgan fingerprint density at radius 2 is 1.74 bits per heavy atom. The van der Waals surface area contributed by atoms with Gasteiger partial charge in [-0.1, -0.05) is 36.8 Å². The average molecular weight is 549 g/mol. The van der Waals surface area contributed by atoms with Crippen molar-refractivity contribution in [2.24, 2.45) is 0 Å². The molecule has 1 aliphatic carbocycles. The average Bonchev–Trinajstić information content (AvgIpc) is 2.86. The first-order valence-electron chi connectivity index (χ1n) is 13.0. The number of aliphatic hydroxyl groups is 1. The second-order valence-electron chi connectivity index (χ2n) is 10.6. The molecule has 0 radical (unpaired) electrons. The van der Waals surface area contributed by atoms with Gasteiger partial charge in [-0.05, 0) is 71.1 Å². The van der Waals surface area contributed by atoms with Crippen LogP contribution in [0, 0.1) is 0 Å². The van der Waals surface area contributed by atoms with Gasteiger partial charge in [0.1, 0.15) is 11.8 Å². The van der Waals surface area contributed by atoms with Crippen LogP contribution in [0.3, 0.4) is 0 Å². The number of hydrogen-bond acceptors (Lipinski definition) is 7. The molecule has 9 nitrogen and oxygen atoms in total. The van der Waals surface area contributed by atoms with Gasteiger partial charge in [-0.15, -0.1) is 0 Å². The Labute approximate surface area is 226 Å². The molecule has 2 atom stereocenters. The number of nitrogens with one attached hydrogen (secondary N) is 1. The van der Waals surface area contributed by atoms with E-state index in [-0.39, 0.29) is 17.5 Å². The molecule has 0 spiro atoms. The summed E-state index contributed by atoms with van der Waals surface area (Å²) in [5, 5.41) is 13.2. The van der Waals surface area contributed by atoms with E-state index in [9.17, 15) is 18.3 Å². The number of amides is 1. The third-order valence-corrected chi connectivity index (χ3v) is 8.02. The van der Waals surface area contributed by atoms with Crippen LogP contribution in [0.4, 0.5) is 4.79 Å². The predicted octanol–water partition coefficient (Wildman–Crippen LogP) is 4.83. The maximum Gasteiger partial charge on any atom is 0.409 e. The standard InChI is InChI=1S/C28H40N2O7S/c1-20(31)26(29-27(32)37-28(2,3)4)30(19-21-12-8-6-9-13-21)38(33,34)23-16-17-24(35-5)25(18-23)36-22-14-10-7-11-15-22/h6,8-9,12-13,16-18,20,22,26,31H,7,10-11,14-15,19H2,1-5H3,(H,29,32)/t20-,26+/m1/s1. The minimum Gasteiger partial charge on any atom is -0.493 e. The fourth-order valence-electron chi connectivity index (χ4n) is 4.37. The molecule has 0 aromatic heterocycles. The van der Waals surface area contributed by atoms with Crippen LogP contribution in [-0.2, 0) is 21.3 Å². The molecular formula is C28H40N2O7S. The summed E-state index contributed by atoms with van der Waals surface area (Å²) in [6.45, 7) is 6.43. The summed E-state index contributed by atoms with van der Waals surface area (Å²) in [5.74, 6) is 0.775. The first-order valence-corrected chi connectivity index (χ1v) is 14.4. The topological polar surface area (TPSA) is 114 Å². The summed E-state index contributed by atoms with van der Waals surface area (Å²) >= 11 is 0. The van der Waals surface area contributed by atoms with E-state index in [4.69, 9.17) is 14.2 Å². The highest BCUT2D eigenvalue weighted by Gasteiger charge is 2.37. The molecule has 210 valence electrons. The van der Waals surface area contributed by atoms with Gasteiger partial charge in [0.15, 0.2) is 11.5 Å². The third-order valence-electron chi connectivity index (χ3n) is 6.20. The van der Waals surface area contributed by atoms with Crippen molar-refractivity contribution in [3.8, 4) is 11.5 Å². The molecule has 2 aromatic carbocycles. The number of ether oxygens (including phenoxy) is 3. The van der Waals surface area contributed by atoms with E-state index < -0.39 is 34.0 Å². The minimum atomic E-state index is -4.25. The molecule has 1 amide bonds. The zero-order valence-corrected chi connectivity index (χ0v) is 23.7. The molecule has 0 unspecified atom stereocenters. The lowest BCUT2D eigenvalue weighted by molar-refractivity contribution is 0.0301. The van der Waals surface area contributed by atoms with Gasteiger partial charge in [0.05, 0.1) is 24.2 Å². The largest absolute Gasteiger partial charge is 0.493 e. The Kier molecular flexibility index (Phi) is 10.0. The highest BCUT2D eigenvalue weighted by molar-refractivity contribution is 7.89. The van der Waals surface area contributed by atoms with Crippen molar-refractivity contribution in [3.63, 3.8) is 0 Å². The lowest BCUT2D eigenvalue weighted by Crippen LogP contribution is -2.56. The molecule has 1 saturated carbocycles. The summed E-state index contributed by atoms with van der Waals surface area (Å²) < 4.78 is 46.3. The van der Waals surface area contributed by atoms with E-state index in [2.05, 4.69) is 5.32 Å². The Morgan fingerprint density at radius 1 is 1.08 bits per heavy atom. The molecule has 2 aromatic rings. The molecule has 0 heterocycles. The SMILES string of the molecule is COc1ccc(S(=O)(=O)N(Cc2ccccc2)[C@H](NC(=O)OC(C)(C)C)[C@@H](C)O)cc1OC1CCCCC1. The number of alkyl carbamates (subject to hydrolysis) is 1. The summed E-state index contributed by atoms with van der Waals surface area (Å²) in [5.41, 5.74) is -0.127. The van der Waals surface area contributed by atoms with Crippen LogP contribution in [0.15, 0.2) is 53.4 Å². The molecule has 0 saturated heterocycles. The van der Waals surface area contributed by atoms with Gasteiger partial charge in [-0.3, -0.25) is 0 Å². The Morgan fingerprint density at radius 3 is 2.32 bits per heavy atom. The zero-order chi connectivity index (χ0) is 27.9. The molecule has 1 aliphatic rings.